The number of carbonyl (C=O) groups is 1. The van der Waals surface area contributed by atoms with Gasteiger partial charge in [0.05, 0.1) is 13.2 Å². The molecule has 1 saturated heterocycles. The van der Waals surface area contributed by atoms with Crippen molar-refractivity contribution in [3.05, 3.63) is 59.7 Å². The van der Waals surface area contributed by atoms with Crippen LogP contribution < -0.4 is 5.73 Å². The highest BCUT2D eigenvalue weighted by atomic mass is 19.1. The molecule has 1 amide bonds. The number of hydrogen-bond donors (Lipinski definition) is 1. The third kappa shape index (κ3) is 3.94. The lowest BCUT2D eigenvalue weighted by Gasteiger charge is -2.32. The third-order valence-electron chi connectivity index (χ3n) is 3.73. The summed E-state index contributed by atoms with van der Waals surface area (Å²) in [7, 11) is 0. The van der Waals surface area contributed by atoms with E-state index in [4.69, 9.17) is 10.5 Å². The second kappa shape index (κ2) is 7.18. The van der Waals surface area contributed by atoms with Gasteiger partial charge >= 0.3 is 0 Å². The summed E-state index contributed by atoms with van der Waals surface area (Å²) in [4.78, 5) is 21.8. The second-order valence-electron chi connectivity index (χ2n) is 5.40. The zero-order valence-corrected chi connectivity index (χ0v) is 12.9. The van der Waals surface area contributed by atoms with Crippen molar-refractivity contribution < 1.29 is 13.9 Å². The maximum Gasteiger partial charge on any atom is 0.246 e. The summed E-state index contributed by atoms with van der Waals surface area (Å²) in [6.07, 6.45) is 5.96. The molecule has 0 spiro atoms. The van der Waals surface area contributed by atoms with Crippen LogP contribution in [0, 0.1) is 5.82 Å². The SMILES string of the molecule is Nc1ncc(/C=C/C(=O)N2CCOC(c3ccc(F)cc3)C2)cn1. The van der Waals surface area contributed by atoms with Gasteiger partial charge < -0.3 is 15.4 Å². The molecular weight excluding hydrogens is 311 g/mol. The lowest BCUT2D eigenvalue weighted by molar-refractivity contribution is -0.133. The molecule has 6 nitrogen and oxygen atoms in total. The Hall–Kier alpha value is -2.80. The highest BCUT2D eigenvalue weighted by molar-refractivity contribution is 5.91. The fraction of sp³-hybridized carbons (Fsp3) is 0.235. The lowest BCUT2D eigenvalue weighted by atomic mass is 10.1. The summed E-state index contributed by atoms with van der Waals surface area (Å²) < 4.78 is 18.7. The first-order chi connectivity index (χ1) is 11.6. The quantitative estimate of drug-likeness (QED) is 0.869. The molecule has 0 saturated carbocycles. The molecule has 2 aromatic rings. The molecular formula is C17H17FN4O2. The Balaban J connectivity index is 1.64. The number of nitrogen functional groups attached to an aromatic ring is 1. The van der Waals surface area contributed by atoms with E-state index in [9.17, 15) is 9.18 Å². The van der Waals surface area contributed by atoms with Crippen LogP contribution in [0.25, 0.3) is 6.08 Å². The van der Waals surface area contributed by atoms with Gasteiger partial charge in [-0.25, -0.2) is 14.4 Å². The first kappa shape index (κ1) is 16.1. The van der Waals surface area contributed by atoms with Crippen molar-refractivity contribution in [2.75, 3.05) is 25.4 Å². The molecule has 1 atom stereocenters. The van der Waals surface area contributed by atoms with Crippen LogP contribution in [-0.2, 0) is 9.53 Å². The van der Waals surface area contributed by atoms with Crippen molar-refractivity contribution in [3.8, 4) is 0 Å². The van der Waals surface area contributed by atoms with Crippen molar-refractivity contribution in [3.63, 3.8) is 0 Å². The summed E-state index contributed by atoms with van der Waals surface area (Å²) in [5.41, 5.74) is 6.97. The van der Waals surface area contributed by atoms with Gasteiger partial charge in [-0.3, -0.25) is 4.79 Å². The van der Waals surface area contributed by atoms with Crippen LogP contribution in [0.4, 0.5) is 10.3 Å². The maximum atomic E-state index is 13.0. The Morgan fingerprint density at radius 2 is 2.00 bits per heavy atom. The molecule has 124 valence electrons. The Labute approximate surface area is 138 Å². The van der Waals surface area contributed by atoms with Crippen molar-refractivity contribution >= 4 is 17.9 Å². The predicted molar refractivity (Wildman–Crippen MR) is 87.2 cm³/mol. The summed E-state index contributed by atoms with van der Waals surface area (Å²) in [5.74, 6) is -0.229. The van der Waals surface area contributed by atoms with E-state index in [0.717, 1.165) is 5.56 Å². The summed E-state index contributed by atoms with van der Waals surface area (Å²) >= 11 is 0. The van der Waals surface area contributed by atoms with E-state index in [2.05, 4.69) is 9.97 Å². The number of nitrogens with two attached hydrogens (primary N) is 1. The number of hydrogen-bond acceptors (Lipinski definition) is 5. The van der Waals surface area contributed by atoms with Gasteiger partial charge in [0.2, 0.25) is 11.9 Å². The second-order valence-corrected chi connectivity index (χ2v) is 5.40. The molecule has 0 bridgehead atoms. The van der Waals surface area contributed by atoms with Gasteiger partial charge in [0.1, 0.15) is 11.9 Å². The number of amides is 1. The lowest BCUT2D eigenvalue weighted by Crippen LogP contribution is -2.41. The van der Waals surface area contributed by atoms with Crippen LogP contribution in [0.3, 0.4) is 0 Å². The number of morpholine rings is 1. The Kier molecular flexibility index (Phi) is 4.81. The predicted octanol–water partition coefficient (Wildman–Crippen LogP) is 1.81. The highest BCUT2D eigenvalue weighted by Gasteiger charge is 2.24. The van der Waals surface area contributed by atoms with E-state index in [0.29, 0.717) is 25.3 Å². The van der Waals surface area contributed by atoms with E-state index in [1.807, 2.05) is 0 Å². The summed E-state index contributed by atoms with van der Waals surface area (Å²) in [6, 6.07) is 6.13. The minimum atomic E-state index is -0.295. The molecule has 0 radical (unpaired) electrons. The normalized spacial score (nSPS) is 18.0. The molecule has 24 heavy (non-hydrogen) atoms. The average Bonchev–Trinajstić information content (AvgIpc) is 2.62. The van der Waals surface area contributed by atoms with E-state index >= 15 is 0 Å². The van der Waals surface area contributed by atoms with Crippen molar-refractivity contribution in [2.45, 2.75) is 6.10 Å². The van der Waals surface area contributed by atoms with E-state index < -0.39 is 0 Å². The van der Waals surface area contributed by atoms with Gasteiger partial charge in [-0.2, -0.15) is 0 Å². The third-order valence-corrected chi connectivity index (χ3v) is 3.73. The van der Waals surface area contributed by atoms with Crippen molar-refractivity contribution in [2.24, 2.45) is 0 Å². The summed E-state index contributed by atoms with van der Waals surface area (Å²) in [5, 5.41) is 0. The average molecular weight is 328 g/mol. The fourth-order valence-electron chi connectivity index (χ4n) is 2.44. The van der Waals surface area contributed by atoms with Gasteiger partial charge in [-0.1, -0.05) is 12.1 Å². The highest BCUT2D eigenvalue weighted by Crippen LogP contribution is 2.22. The van der Waals surface area contributed by atoms with Gasteiger partial charge in [-0.05, 0) is 23.8 Å². The first-order valence-electron chi connectivity index (χ1n) is 7.53. The van der Waals surface area contributed by atoms with Crippen molar-refractivity contribution in [1.82, 2.24) is 14.9 Å². The van der Waals surface area contributed by atoms with Crippen LogP contribution in [0.15, 0.2) is 42.7 Å². The molecule has 1 aliphatic heterocycles. The molecule has 1 aromatic carbocycles. The Morgan fingerprint density at radius 3 is 2.71 bits per heavy atom. The molecule has 2 heterocycles. The number of nitrogens with zero attached hydrogens (tertiary/aromatic N) is 3. The van der Waals surface area contributed by atoms with Crippen LogP contribution >= 0.6 is 0 Å². The fourth-order valence-corrected chi connectivity index (χ4v) is 2.44. The first-order valence-corrected chi connectivity index (χ1v) is 7.53. The zero-order chi connectivity index (χ0) is 16.9. The molecule has 0 aliphatic carbocycles. The van der Waals surface area contributed by atoms with Crippen molar-refractivity contribution in [1.29, 1.82) is 0 Å². The Morgan fingerprint density at radius 1 is 1.29 bits per heavy atom. The standard InChI is InChI=1S/C17H17FN4O2/c18-14-4-2-13(3-5-14)15-11-22(7-8-24-15)16(23)6-1-12-9-20-17(19)21-10-12/h1-6,9-10,15H,7-8,11H2,(H2,19,20,21)/b6-1+. The molecule has 1 aliphatic rings. The minimum Gasteiger partial charge on any atom is -0.370 e. The van der Waals surface area contributed by atoms with Crippen LogP contribution in [-0.4, -0.2) is 40.5 Å². The van der Waals surface area contributed by atoms with Gasteiger partial charge in [0.25, 0.3) is 0 Å². The number of aromatic nitrogens is 2. The molecule has 2 N–H and O–H groups in total. The molecule has 3 rings (SSSR count). The van der Waals surface area contributed by atoms with Crippen LogP contribution in [0.5, 0.6) is 0 Å². The molecule has 7 heteroatoms. The van der Waals surface area contributed by atoms with E-state index in [1.165, 1.54) is 18.2 Å². The maximum absolute atomic E-state index is 13.0. The molecule has 1 unspecified atom stereocenters. The van der Waals surface area contributed by atoms with Gasteiger partial charge in [0.15, 0.2) is 0 Å². The number of rotatable bonds is 3. The zero-order valence-electron chi connectivity index (χ0n) is 12.9. The van der Waals surface area contributed by atoms with E-state index in [-0.39, 0.29) is 23.8 Å². The summed E-state index contributed by atoms with van der Waals surface area (Å²) in [6.45, 7) is 1.37. The number of benzene rings is 1. The topological polar surface area (TPSA) is 81.3 Å². The number of ether oxygens (including phenoxy) is 1. The largest absolute Gasteiger partial charge is 0.370 e. The van der Waals surface area contributed by atoms with Crippen LogP contribution in [0.1, 0.15) is 17.2 Å². The number of halogens is 1. The smallest absolute Gasteiger partial charge is 0.246 e. The monoisotopic (exact) mass is 328 g/mol. The number of carbonyl (C=O) groups excluding carboxylic acids is 1. The van der Waals surface area contributed by atoms with Gasteiger partial charge in [0, 0.05) is 30.6 Å². The minimum absolute atomic E-state index is 0.123. The molecule has 1 aromatic heterocycles. The van der Waals surface area contributed by atoms with Gasteiger partial charge in [-0.15, -0.1) is 0 Å². The van der Waals surface area contributed by atoms with E-state index in [1.54, 1.807) is 35.5 Å². The Bertz CT molecular complexity index is 731. The van der Waals surface area contributed by atoms with Crippen LogP contribution in [0.2, 0.25) is 0 Å². The molecule has 1 fully saturated rings. The number of anilines is 1.